The number of nitrogens with two attached hydrogens (primary N) is 1. The molecule has 0 saturated carbocycles. The van der Waals surface area contributed by atoms with Crippen LogP contribution in [0.15, 0.2) is 0 Å². The minimum absolute atomic E-state index is 1.97. The van der Waals surface area contributed by atoms with Crippen LogP contribution in [0.4, 0.5) is 35.1 Å². The molecule has 3 nitrogen and oxygen atoms in total. The second-order valence-electron chi connectivity index (χ2n) is 2.12. The first-order valence-electron chi connectivity index (χ1n) is 2.96. The first kappa shape index (κ1) is 14.3. The molecule has 0 aliphatic heterocycles. The topological polar surface area (TPSA) is 44.5 Å². The van der Waals surface area contributed by atoms with Crippen LogP contribution in [0.1, 0.15) is 0 Å². The van der Waals surface area contributed by atoms with Crippen LogP contribution >= 0.6 is 0 Å². The van der Waals surface area contributed by atoms with Crippen LogP contribution in [0.3, 0.4) is 0 Å². The Balaban J connectivity index is 4.79. The van der Waals surface area contributed by atoms with Crippen LogP contribution in [0, 0.1) is 0 Å². The summed E-state index contributed by atoms with van der Waals surface area (Å²) in [6.45, 7) is 0. The van der Waals surface area contributed by atoms with Crippen molar-refractivity contribution in [3.63, 3.8) is 0 Å². The molecule has 0 atom stereocenters. The van der Waals surface area contributed by atoms with E-state index >= 15 is 0 Å². The molecule has 11 heteroatoms. The minimum atomic E-state index is -6.00. The highest BCUT2D eigenvalue weighted by atomic mass is 19.3. The van der Waals surface area contributed by atoms with E-state index in [4.69, 9.17) is 0 Å². The van der Waals surface area contributed by atoms with Crippen molar-refractivity contribution in [1.29, 1.82) is 0 Å². The molecule has 0 aliphatic carbocycles. The monoisotopic (exact) mass is 249 g/mol. The van der Waals surface area contributed by atoms with Gasteiger partial charge in [-0.15, -0.1) is 0 Å². The zero-order valence-corrected chi connectivity index (χ0v) is 6.49. The second-order valence-corrected chi connectivity index (χ2v) is 2.12. The summed E-state index contributed by atoms with van der Waals surface area (Å²) in [7, 11) is 0. The molecule has 0 saturated heterocycles. The molecule has 92 valence electrons. The Morgan fingerprint density at radius 2 is 1.27 bits per heavy atom. The van der Waals surface area contributed by atoms with Crippen LogP contribution in [0.5, 0.6) is 0 Å². The van der Waals surface area contributed by atoms with Gasteiger partial charge in [0, 0.05) is 0 Å². The van der Waals surface area contributed by atoms with Crippen LogP contribution in [0.25, 0.3) is 0 Å². The average molecular weight is 249 g/mol. The van der Waals surface area contributed by atoms with Crippen molar-refractivity contribution in [2.24, 2.45) is 5.90 Å². The fraction of sp³-hybridized carbons (Fsp3) is 1.00. The molecule has 15 heavy (non-hydrogen) atoms. The van der Waals surface area contributed by atoms with Gasteiger partial charge in [0.1, 0.15) is 0 Å². The van der Waals surface area contributed by atoms with E-state index in [2.05, 4.69) is 10.7 Å². The van der Waals surface area contributed by atoms with Crippen molar-refractivity contribution in [3.05, 3.63) is 0 Å². The van der Waals surface area contributed by atoms with Crippen molar-refractivity contribution >= 4 is 0 Å². The molecule has 0 fully saturated rings. The normalized spacial score (nSPS) is 14.8. The highest BCUT2D eigenvalue weighted by Crippen LogP contribution is 2.40. The SMILES string of the molecule is NOC(F)(F)C(F)(F)OC(F)(F)C(F)F. The van der Waals surface area contributed by atoms with E-state index in [-0.39, 0.29) is 0 Å². The van der Waals surface area contributed by atoms with E-state index in [0.29, 0.717) is 0 Å². The lowest BCUT2D eigenvalue weighted by molar-refractivity contribution is -0.493. The summed E-state index contributed by atoms with van der Waals surface area (Å²) in [5, 5.41) is 0. The lowest BCUT2D eigenvalue weighted by Crippen LogP contribution is -2.51. The summed E-state index contributed by atoms with van der Waals surface area (Å²) in [4.78, 5) is 2.34. The van der Waals surface area contributed by atoms with E-state index in [9.17, 15) is 35.1 Å². The number of hydrogen-bond acceptors (Lipinski definition) is 3. The van der Waals surface area contributed by atoms with Gasteiger partial charge in [-0.1, -0.05) is 0 Å². The fourth-order valence-electron chi connectivity index (χ4n) is 0.343. The van der Waals surface area contributed by atoms with E-state index in [1.165, 1.54) is 0 Å². The van der Waals surface area contributed by atoms with E-state index < -0.39 is 24.8 Å². The Hall–Kier alpha value is -0.680. The molecule has 0 unspecified atom stereocenters. The Kier molecular flexibility index (Phi) is 3.87. The van der Waals surface area contributed by atoms with Crippen LogP contribution in [0.2, 0.25) is 0 Å². The highest BCUT2D eigenvalue weighted by molar-refractivity contribution is 4.69. The van der Waals surface area contributed by atoms with Gasteiger partial charge >= 0.3 is 24.8 Å². The molecule has 0 rings (SSSR count). The molecule has 0 spiro atoms. The average Bonchev–Trinajstić information content (AvgIpc) is 2.01. The third kappa shape index (κ3) is 3.14. The van der Waals surface area contributed by atoms with Crippen molar-refractivity contribution in [2.75, 3.05) is 0 Å². The lowest BCUT2D eigenvalue weighted by Gasteiger charge is -2.26. The highest BCUT2D eigenvalue weighted by Gasteiger charge is 2.66. The molecule has 0 bridgehead atoms. The molecule has 0 radical (unpaired) electrons. The maximum atomic E-state index is 12.1. The Labute approximate surface area is 76.7 Å². The Bertz CT molecular complexity index is 219. The largest absolute Gasteiger partial charge is 0.464 e. The van der Waals surface area contributed by atoms with Crippen LogP contribution in [-0.2, 0) is 9.57 Å². The maximum absolute atomic E-state index is 12.1. The third-order valence-electron chi connectivity index (χ3n) is 1.01. The van der Waals surface area contributed by atoms with Gasteiger partial charge in [-0.05, 0) is 0 Å². The van der Waals surface area contributed by atoms with Gasteiger partial charge in [0.05, 0.1) is 0 Å². The van der Waals surface area contributed by atoms with Gasteiger partial charge in [-0.25, -0.2) is 24.3 Å². The Morgan fingerprint density at radius 1 is 0.867 bits per heavy atom. The number of ether oxygens (including phenoxy) is 1. The number of hydrogen-bond donors (Lipinski definition) is 1. The minimum Gasteiger partial charge on any atom is -0.243 e. The van der Waals surface area contributed by atoms with Crippen molar-refractivity contribution in [3.8, 4) is 0 Å². The van der Waals surface area contributed by atoms with Gasteiger partial charge < -0.3 is 0 Å². The van der Waals surface area contributed by atoms with Gasteiger partial charge in [-0.3, -0.25) is 0 Å². The lowest BCUT2D eigenvalue weighted by atomic mass is 10.5. The van der Waals surface area contributed by atoms with E-state index in [1.807, 2.05) is 4.74 Å². The molecule has 0 heterocycles. The standard InChI is InChI=1S/C4H3F8NO2/c5-1(6)2(7,8)14-3(9,10)4(11,12)15-13/h1H,13H2. The quantitative estimate of drug-likeness (QED) is 0.598. The third-order valence-corrected chi connectivity index (χ3v) is 1.01. The first-order valence-corrected chi connectivity index (χ1v) is 2.96. The molecule has 0 aromatic heterocycles. The Morgan fingerprint density at radius 3 is 1.53 bits per heavy atom. The summed E-state index contributed by atoms with van der Waals surface area (Å²) in [6.07, 6.45) is -22.1. The van der Waals surface area contributed by atoms with Crippen molar-refractivity contribution in [2.45, 2.75) is 24.8 Å². The number of rotatable bonds is 5. The van der Waals surface area contributed by atoms with Gasteiger partial charge in [0.2, 0.25) is 0 Å². The molecule has 0 aromatic carbocycles. The molecule has 0 aromatic rings. The predicted octanol–water partition coefficient (Wildman–Crippen LogP) is 1.94. The number of alkyl halides is 8. The molecular formula is C4H3F8NO2. The molecular weight excluding hydrogens is 246 g/mol. The van der Waals surface area contributed by atoms with Gasteiger partial charge in [0.15, 0.2) is 0 Å². The van der Waals surface area contributed by atoms with Crippen molar-refractivity contribution < 1.29 is 44.7 Å². The molecule has 0 aliphatic rings. The van der Waals surface area contributed by atoms with Gasteiger partial charge in [0.25, 0.3) is 0 Å². The van der Waals surface area contributed by atoms with Crippen molar-refractivity contribution in [1.82, 2.24) is 0 Å². The maximum Gasteiger partial charge on any atom is 0.464 e. The summed E-state index contributed by atoms with van der Waals surface area (Å²) >= 11 is 0. The second kappa shape index (κ2) is 4.06. The van der Waals surface area contributed by atoms with E-state index in [0.717, 1.165) is 0 Å². The van der Waals surface area contributed by atoms with Crippen LogP contribution in [-0.4, -0.2) is 24.8 Å². The van der Waals surface area contributed by atoms with Crippen LogP contribution < -0.4 is 5.90 Å². The summed E-state index contributed by atoms with van der Waals surface area (Å²) in [6, 6.07) is 0. The van der Waals surface area contributed by atoms with E-state index in [1.54, 1.807) is 0 Å². The first-order chi connectivity index (χ1) is 6.46. The van der Waals surface area contributed by atoms with Gasteiger partial charge in [-0.2, -0.15) is 26.3 Å². The summed E-state index contributed by atoms with van der Waals surface area (Å²) in [5.41, 5.74) is 0. The smallest absolute Gasteiger partial charge is 0.243 e. The fourth-order valence-corrected chi connectivity index (χ4v) is 0.343. The predicted molar refractivity (Wildman–Crippen MR) is 27.2 cm³/mol. The zero-order chi connectivity index (χ0) is 12.5. The number of halogens is 8. The summed E-state index contributed by atoms with van der Waals surface area (Å²) in [5.74, 6) is 3.64. The molecule has 2 N–H and O–H groups in total. The molecule has 0 amide bonds. The zero-order valence-electron chi connectivity index (χ0n) is 6.49. The summed E-state index contributed by atoms with van der Waals surface area (Å²) < 4.78 is 96.2.